The highest BCUT2D eigenvalue weighted by atomic mass is 32.3. The maximum atomic E-state index is 9.22. The average Bonchev–Trinajstić information content (AvgIpc) is 3.30. The van der Waals surface area contributed by atoms with Crippen molar-refractivity contribution in [3.8, 4) is 6.07 Å². The summed E-state index contributed by atoms with van der Waals surface area (Å²) in [6, 6.07) is 9.93. The fourth-order valence-corrected chi connectivity index (χ4v) is 4.37. The van der Waals surface area contributed by atoms with E-state index in [1.807, 2.05) is 30.3 Å². The molecule has 1 fully saturated rings. The molecule has 38 heavy (non-hydrogen) atoms. The lowest BCUT2D eigenvalue weighted by molar-refractivity contribution is -0.890. The number of anilines is 2. The summed E-state index contributed by atoms with van der Waals surface area (Å²) < 4.78 is 32.0. The number of rotatable bonds is 8. The average molecular weight is 561 g/mol. The van der Waals surface area contributed by atoms with Gasteiger partial charge < -0.3 is 18.8 Å². The predicted molar refractivity (Wildman–Crippen MR) is 147 cm³/mol. The number of azo groups is 1. The Labute approximate surface area is 228 Å². The van der Waals surface area contributed by atoms with Gasteiger partial charge in [0.05, 0.1) is 70.6 Å². The molecule has 1 aromatic heterocycles. The first-order valence-electron chi connectivity index (χ1n) is 11.8. The van der Waals surface area contributed by atoms with Gasteiger partial charge in [0.1, 0.15) is 5.82 Å². The molecule has 0 atom stereocenters. The van der Waals surface area contributed by atoms with Gasteiger partial charge in [0, 0.05) is 18.8 Å². The van der Waals surface area contributed by atoms with Crippen molar-refractivity contribution in [3.05, 3.63) is 46.3 Å². The van der Waals surface area contributed by atoms with Gasteiger partial charge in [0.25, 0.3) is 5.70 Å². The summed E-state index contributed by atoms with van der Waals surface area (Å²) in [7, 11) is 0.835. The molecule has 0 aliphatic carbocycles. The second-order valence-corrected chi connectivity index (χ2v) is 10.9. The van der Waals surface area contributed by atoms with Crippen LogP contribution in [-0.4, -0.2) is 82.9 Å². The quantitative estimate of drug-likeness (QED) is 0.117. The number of aromatic nitrogens is 1. The van der Waals surface area contributed by atoms with Crippen molar-refractivity contribution in [2.24, 2.45) is 10.2 Å². The first-order chi connectivity index (χ1) is 17.9. The highest BCUT2D eigenvalue weighted by Crippen LogP contribution is 2.35. The van der Waals surface area contributed by atoms with Gasteiger partial charge in [-0.25, -0.2) is 18.5 Å². The SMILES string of the molecule is COS(=O)(=O)[O-].[C-]#[N+]/C(C#N)=C/c1sc(N=Nc2ccc(N(CC)CC)cc2)nc1N1CC[N+](C)(C)CC1. The lowest BCUT2D eigenvalue weighted by Crippen LogP contribution is -2.55. The van der Waals surface area contributed by atoms with Crippen molar-refractivity contribution in [2.75, 3.05) is 70.3 Å². The van der Waals surface area contributed by atoms with Gasteiger partial charge >= 0.3 is 0 Å². The molecular weight excluding hydrogens is 528 g/mol. The monoisotopic (exact) mass is 560 g/mol. The Morgan fingerprint density at radius 2 is 1.87 bits per heavy atom. The number of nitrogens with zero attached hydrogens (tertiary/aromatic N) is 8. The van der Waals surface area contributed by atoms with Crippen LogP contribution in [0.4, 0.5) is 22.3 Å². The largest absolute Gasteiger partial charge is 0.726 e. The Morgan fingerprint density at radius 3 is 2.34 bits per heavy atom. The highest BCUT2D eigenvalue weighted by molar-refractivity contribution is 7.80. The minimum absolute atomic E-state index is 0.0403. The van der Waals surface area contributed by atoms with E-state index < -0.39 is 10.4 Å². The number of likely N-dealkylation sites (N-methyl/N-ethyl adjacent to an activating group) is 1. The van der Waals surface area contributed by atoms with Crippen molar-refractivity contribution in [2.45, 2.75) is 13.8 Å². The number of thiazole rings is 1. The van der Waals surface area contributed by atoms with Crippen molar-refractivity contribution >= 4 is 50.1 Å². The zero-order valence-electron chi connectivity index (χ0n) is 22.2. The van der Waals surface area contributed by atoms with E-state index >= 15 is 0 Å². The van der Waals surface area contributed by atoms with Crippen LogP contribution in [0.15, 0.2) is 40.2 Å². The predicted octanol–water partition coefficient (Wildman–Crippen LogP) is 4.18. The smallest absolute Gasteiger partial charge is 0.263 e. The van der Waals surface area contributed by atoms with Crippen molar-refractivity contribution in [1.82, 2.24) is 4.98 Å². The number of allylic oxidation sites excluding steroid dienone is 1. The molecule has 2 aromatic rings. The van der Waals surface area contributed by atoms with Crippen LogP contribution < -0.4 is 9.80 Å². The molecule has 1 aliphatic rings. The molecule has 0 bridgehead atoms. The van der Waals surface area contributed by atoms with Gasteiger partial charge in [-0.2, -0.15) is 4.98 Å². The van der Waals surface area contributed by atoms with Gasteiger partial charge in [-0.3, -0.25) is 4.18 Å². The first kappa shape index (κ1) is 30.8. The lowest BCUT2D eigenvalue weighted by Gasteiger charge is -2.39. The van der Waals surface area contributed by atoms with E-state index in [0.29, 0.717) is 5.13 Å². The number of piperazine rings is 1. The van der Waals surface area contributed by atoms with E-state index in [9.17, 15) is 18.2 Å². The fourth-order valence-electron chi connectivity index (χ4n) is 3.53. The first-order valence-corrected chi connectivity index (χ1v) is 14.0. The Bertz CT molecular complexity index is 1290. The zero-order valence-corrected chi connectivity index (χ0v) is 23.8. The van der Waals surface area contributed by atoms with E-state index in [1.165, 1.54) is 11.3 Å². The Kier molecular flexibility index (Phi) is 11.3. The second kappa shape index (κ2) is 13.9. The van der Waals surface area contributed by atoms with Crippen molar-refractivity contribution < 1.29 is 21.6 Å². The number of benzene rings is 1. The summed E-state index contributed by atoms with van der Waals surface area (Å²) in [5.74, 6) is 0.775. The molecule has 2 heterocycles. The van der Waals surface area contributed by atoms with Crippen LogP contribution in [0.25, 0.3) is 10.9 Å². The highest BCUT2D eigenvalue weighted by Gasteiger charge is 2.27. The van der Waals surface area contributed by atoms with E-state index in [1.54, 1.807) is 6.08 Å². The molecule has 0 unspecified atom stereocenters. The summed E-state index contributed by atoms with van der Waals surface area (Å²) in [5.41, 5.74) is 1.96. The normalized spacial score (nSPS) is 15.4. The molecule has 0 N–H and O–H groups in total. The molecule has 1 saturated heterocycles. The third kappa shape index (κ3) is 9.48. The summed E-state index contributed by atoms with van der Waals surface area (Å²) in [6.07, 6.45) is 1.60. The zero-order chi connectivity index (χ0) is 28.3. The number of quaternary nitrogens is 1. The number of hydrogen-bond donors (Lipinski definition) is 0. The third-order valence-electron chi connectivity index (χ3n) is 5.81. The molecule has 12 nitrogen and oxygen atoms in total. The minimum Gasteiger partial charge on any atom is -0.726 e. The molecule has 1 aliphatic heterocycles. The van der Waals surface area contributed by atoms with Crippen LogP contribution in [0.2, 0.25) is 0 Å². The standard InChI is InChI=1S/C23H29N8S.CH4O4S/c1-6-29(7-2)20-10-8-18(9-11-20)27-28-23-26-22(21(32-23)16-19(17-24)25-3)30-12-14-31(4,5)15-13-30;1-5-6(2,3)4/h8-11,16H,6-7,12-15H2,1-2,4-5H3;1H3,(H,2,3,4)/q+1;/p-1/b19-16+,28-27?;. The third-order valence-corrected chi connectivity index (χ3v) is 7.09. The van der Waals surface area contributed by atoms with E-state index in [-0.39, 0.29) is 5.70 Å². The van der Waals surface area contributed by atoms with Gasteiger partial charge in [-0.15, -0.1) is 10.2 Å². The van der Waals surface area contributed by atoms with Crippen LogP contribution in [0.1, 0.15) is 18.7 Å². The second-order valence-electron chi connectivity index (χ2n) is 8.77. The Morgan fingerprint density at radius 1 is 1.29 bits per heavy atom. The van der Waals surface area contributed by atoms with E-state index in [2.05, 4.69) is 57.0 Å². The van der Waals surface area contributed by atoms with Crippen LogP contribution in [-0.2, 0) is 14.6 Å². The van der Waals surface area contributed by atoms with Gasteiger partial charge in [0.2, 0.25) is 15.5 Å². The maximum Gasteiger partial charge on any atom is 0.263 e. The molecule has 1 aromatic carbocycles. The molecule has 0 amide bonds. The van der Waals surface area contributed by atoms with Crippen LogP contribution in [0, 0.1) is 17.9 Å². The summed E-state index contributed by atoms with van der Waals surface area (Å²) in [5, 5.41) is 18.4. The lowest BCUT2D eigenvalue weighted by atomic mass is 10.2. The fraction of sp³-hybridized carbons (Fsp3) is 0.458. The van der Waals surface area contributed by atoms with Gasteiger partial charge in [0.15, 0.2) is 0 Å². The molecule has 0 saturated carbocycles. The molecule has 204 valence electrons. The molecular formula is C24H32N8O4S2. The molecule has 3 rings (SSSR count). The summed E-state index contributed by atoms with van der Waals surface area (Å²) >= 11 is 1.35. The maximum absolute atomic E-state index is 9.22. The van der Waals surface area contributed by atoms with Crippen LogP contribution >= 0.6 is 11.3 Å². The Balaban J connectivity index is 0.000000757. The van der Waals surface area contributed by atoms with E-state index in [4.69, 9.17) is 11.6 Å². The van der Waals surface area contributed by atoms with E-state index in [0.717, 1.165) is 72.9 Å². The van der Waals surface area contributed by atoms with Crippen LogP contribution in [0.5, 0.6) is 0 Å². The molecule has 0 spiro atoms. The topological polar surface area (TPSA) is 139 Å². The van der Waals surface area contributed by atoms with Crippen LogP contribution in [0.3, 0.4) is 0 Å². The Hall–Kier alpha value is -3.40. The van der Waals surface area contributed by atoms with Gasteiger partial charge in [-0.05, 0) is 44.2 Å². The number of hydrogen-bond acceptors (Lipinski definition) is 11. The van der Waals surface area contributed by atoms with Gasteiger partial charge in [-0.1, -0.05) is 11.3 Å². The summed E-state index contributed by atoms with van der Waals surface area (Å²) in [6.45, 7) is 17.1. The molecule has 0 radical (unpaired) electrons. The van der Waals surface area contributed by atoms with Crippen molar-refractivity contribution in [3.63, 3.8) is 0 Å². The molecule has 14 heteroatoms. The minimum atomic E-state index is -4.41. The summed E-state index contributed by atoms with van der Waals surface area (Å²) in [4.78, 5) is 13.3. The number of nitriles is 1. The van der Waals surface area contributed by atoms with Crippen molar-refractivity contribution in [1.29, 1.82) is 5.26 Å².